The minimum atomic E-state index is -0.111. The molecule has 7 nitrogen and oxygen atoms in total. The standard InChI is InChI=1S/C25H28ClN5O2/c1-6-18(7-2)29-10-11-30-23-21(29)12-14(3)27-24(23)31(25(30)32)20-9-8-17(13-19(20)26)22-15(4)28-33-16(22)5/h8-9,12-13,18H,6-7,10-11H2,1-5H3. The molecule has 0 bridgehead atoms. The van der Waals surface area contributed by atoms with E-state index in [2.05, 4.69) is 30.0 Å². The highest BCUT2D eigenvalue weighted by atomic mass is 35.5. The van der Waals surface area contributed by atoms with Crippen LogP contribution < -0.4 is 10.6 Å². The molecule has 0 spiro atoms. The molecule has 0 aliphatic carbocycles. The van der Waals surface area contributed by atoms with Gasteiger partial charge in [-0.25, -0.2) is 14.3 Å². The number of pyridine rings is 1. The van der Waals surface area contributed by atoms with Gasteiger partial charge in [-0.05, 0) is 57.4 Å². The number of aryl methyl sites for hydroxylation is 3. The van der Waals surface area contributed by atoms with Crippen molar-refractivity contribution in [2.75, 3.05) is 11.4 Å². The number of rotatable bonds is 5. The fourth-order valence-electron chi connectivity index (χ4n) is 5.17. The SMILES string of the molecule is CCC(CC)N1CCn2c(=O)n(-c3ccc(-c4c(C)noc4C)cc3Cl)c3nc(C)cc1c32. The summed E-state index contributed by atoms with van der Waals surface area (Å²) in [4.78, 5) is 20.8. The second kappa shape index (κ2) is 8.06. The van der Waals surface area contributed by atoms with E-state index in [1.54, 1.807) is 4.57 Å². The summed E-state index contributed by atoms with van der Waals surface area (Å²) in [5.74, 6) is 0.736. The van der Waals surface area contributed by atoms with Crippen molar-refractivity contribution >= 4 is 28.5 Å². The van der Waals surface area contributed by atoms with Gasteiger partial charge in [-0.15, -0.1) is 0 Å². The van der Waals surface area contributed by atoms with Gasteiger partial charge in [-0.1, -0.05) is 36.7 Å². The molecule has 172 valence electrons. The third kappa shape index (κ3) is 3.29. The van der Waals surface area contributed by atoms with Crippen molar-refractivity contribution in [2.45, 2.75) is 60.0 Å². The van der Waals surface area contributed by atoms with E-state index in [4.69, 9.17) is 21.1 Å². The Kier molecular flexibility index (Phi) is 5.32. The molecule has 1 aromatic carbocycles. The first kappa shape index (κ1) is 21.8. The van der Waals surface area contributed by atoms with Gasteiger partial charge in [-0.2, -0.15) is 0 Å². The number of benzene rings is 1. The Balaban J connectivity index is 1.72. The molecule has 0 N–H and O–H groups in total. The van der Waals surface area contributed by atoms with Crippen LogP contribution in [0.4, 0.5) is 5.69 Å². The number of halogens is 1. The first-order valence-electron chi connectivity index (χ1n) is 11.5. The minimum absolute atomic E-state index is 0.111. The maximum Gasteiger partial charge on any atom is 0.335 e. The highest BCUT2D eigenvalue weighted by Crippen LogP contribution is 2.36. The van der Waals surface area contributed by atoms with Crippen molar-refractivity contribution in [3.8, 4) is 16.8 Å². The average Bonchev–Trinajstić information content (AvgIpc) is 3.27. The molecule has 0 unspecified atom stereocenters. The summed E-state index contributed by atoms with van der Waals surface area (Å²) in [6, 6.07) is 8.24. The number of nitrogens with zero attached hydrogens (tertiary/aromatic N) is 5. The van der Waals surface area contributed by atoms with Crippen LogP contribution in [-0.2, 0) is 6.54 Å². The summed E-state index contributed by atoms with van der Waals surface area (Å²) in [6.45, 7) is 11.6. The van der Waals surface area contributed by atoms with E-state index in [1.165, 1.54) is 0 Å². The molecule has 0 amide bonds. The molecule has 4 aromatic rings. The molecule has 0 saturated heterocycles. The summed E-state index contributed by atoms with van der Waals surface area (Å²) in [5.41, 5.74) is 6.65. The van der Waals surface area contributed by atoms with Crippen molar-refractivity contribution in [2.24, 2.45) is 0 Å². The Bertz CT molecular complexity index is 1410. The van der Waals surface area contributed by atoms with Gasteiger partial charge >= 0.3 is 5.69 Å². The zero-order chi connectivity index (χ0) is 23.4. The van der Waals surface area contributed by atoms with Gasteiger partial charge in [0.1, 0.15) is 11.3 Å². The third-order valence-electron chi connectivity index (χ3n) is 6.75. The lowest BCUT2D eigenvalue weighted by Gasteiger charge is -2.36. The third-order valence-corrected chi connectivity index (χ3v) is 7.06. The van der Waals surface area contributed by atoms with Crippen molar-refractivity contribution in [1.82, 2.24) is 19.3 Å². The van der Waals surface area contributed by atoms with E-state index in [0.29, 0.717) is 28.9 Å². The van der Waals surface area contributed by atoms with Gasteiger partial charge in [-0.3, -0.25) is 4.57 Å². The van der Waals surface area contributed by atoms with Crippen LogP contribution in [0.2, 0.25) is 5.02 Å². The number of imidazole rings is 1. The van der Waals surface area contributed by atoms with Gasteiger partial charge in [0.05, 0.1) is 22.1 Å². The number of hydrogen-bond donors (Lipinski definition) is 0. The molecule has 0 fully saturated rings. The van der Waals surface area contributed by atoms with Crippen molar-refractivity contribution < 1.29 is 4.52 Å². The molecule has 1 aliphatic heterocycles. The number of hydrogen-bond acceptors (Lipinski definition) is 5. The first-order valence-corrected chi connectivity index (χ1v) is 11.9. The summed E-state index contributed by atoms with van der Waals surface area (Å²) >= 11 is 6.77. The minimum Gasteiger partial charge on any atom is -0.365 e. The van der Waals surface area contributed by atoms with Crippen LogP contribution in [0, 0.1) is 20.8 Å². The zero-order valence-electron chi connectivity index (χ0n) is 19.6. The summed E-state index contributed by atoms with van der Waals surface area (Å²) in [6.07, 6.45) is 2.11. The predicted molar refractivity (Wildman–Crippen MR) is 132 cm³/mol. The van der Waals surface area contributed by atoms with Gasteiger partial charge in [0.15, 0.2) is 5.65 Å². The van der Waals surface area contributed by atoms with Crippen LogP contribution >= 0.6 is 11.6 Å². The second-order valence-electron chi connectivity index (χ2n) is 8.75. The van der Waals surface area contributed by atoms with Gasteiger partial charge in [0.25, 0.3) is 0 Å². The fraction of sp³-hybridized carbons (Fsp3) is 0.400. The quantitative estimate of drug-likeness (QED) is 0.393. The molecule has 0 radical (unpaired) electrons. The van der Waals surface area contributed by atoms with E-state index in [0.717, 1.165) is 58.9 Å². The molecule has 8 heteroatoms. The first-order chi connectivity index (χ1) is 15.8. The van der Waals surface area contributed by atoms with E-state index in [1.807, 2.05) is 43.5 Å². The van der Waals surface area contributed by atoms with E-state index in [9.17, 15) is 4.79 Å². The molecule has 5 rings (SSSR count). The summed E-state index contributed by atoms with van der Waals surface area (Å²) in [7, 11) is 0. The smallest absolute Gasteiger partial charge is 0.335 e. The molecular formula is C25H28ClN5O2. The van der Waals surface area contributed by atoms with E-state index >= 15 is 0 Å². The predicted octanol–water partition coefficient (Wildman–Crippen LogP) is 5.43. The lowest BCUT2D eigenvalue weighted by atomic mass is 10.0. The molecular weight excluding hydrogens is 438 g/mol. The van der Waals surface area contributed by atoms with Crippen LogP contribution in [0.5, 0.6) is 0 Å². The fourth-order valence-corrected chi connectivity index (χ4v) is 5.44. The molecule has 0 atom stereocenters. The normalized spacial score (nSPS) is 13.5. The van der Waals surface area contributed by atoms with Crippen molar-refractivity contribution in [3.05, 3.63) is 56.9 Å². The molecule has 4 heterocycles. The molecule has 1 aliphatic rings. The molecule has 3 aromatic heterocycles. The topological polar surface area (TPSA) is 69.1 Å². The van der Waals surface area contributed by atoms with E-state index < -0.39 is 0 Å². The van der Waals surface area contributed by atoms with Gasteiger partial charge in [0.2, 0.25) is 0 Å². The number of anilines is 1. The molecule has 33 heavy (non-hydrogen) atoms. The Morgan fingerprint density at radius 2 is 1.85 bits per heavy atom. The largest absolute Gasteiger partial charge is 0.365 e. The van der Waals surface area contributed by atoms with Gasteiger partial charge < -0.3 is 9.42 Å². The Labute approximate surface area is 197 Å². The Hall–Kier alpha value is -3.06. The van der Waals surface area contributed by atoms with Crippen molar-refractivity contribution in [3.63, 3.8) is 0 Å². The monoisotopic (exact) mass is 465 g/mol. The Morgan fingerprint density at radius 1 is 1.09 bits per heavy atom. The van der Waals surface area contributed by atoms with Crippen LogP contribution in [0.15, 0.2) is 33.6 Å². The van der Waals surface area contributed by atoms with Crippen LogP contribution in [0.25, 0.3) is 28.0 Å². The average molecular weight is 466 g/mol. The summed E-state index contributed by atoms with van der Waals surface area (Å²) in [5, 5.41) is 4.52. The molecule has 0 saturated carbocycles. The van der Waals surface area contributed by atoms with E-state index in [-0.39, 0.29) is 5.69 Å². The zero-order valence-corrected chi connectivity index (χ0v) is 20.4. The van der Waals surface area contributed by atoms with Crippen LogP contribution in [-0.4, -0.2) is 31.9 Å². The van der Waals surface area contributed by atoms with Gasteiger partial charge in [0, 0.05) is 30.4 Å². The van der Waals surface area contributed by atoms with Crippen LogP contribution in [0.1, 0.15) is 43.8 Å². The lowest BCUT2D eigenvalue weighted by molar-refractivity contribution is 0.393. The van der Waals surface area contributed by atoms with Crippen molar-refractivity contribution in [1.29, 1.82) is 0 Å². The highest BCUT2D eigenvalue weighted by Gasteiger charge is 2.29. The lowest BCUT2D eigenvalue weighted by Crippen LogP contribution is -2.41. The summed E-state index contributed by atoms with van der Waals surface area (Å²) < 4.78 is 8.81. The maximum absolute atomic E-state index is 13.6. The second-order valence-corrected chi connectivity index (χ2v) is 9.16. The number of aromatic nitrogens is 4. The van der Waals surface area contributed by atoms with Crippen LogP contribution in [0.3, 0.4) is 0 Å². The highest BCUT2D eigenvalue weighted by molar-refractivity contribution is 6.32. The Morgan fingerprint density at radius 3 is 2.48 bits per heavy atom. The maximum atomic E-state index is 13.6.